The minimum Gasteiger partial charge on any atom is -0.399 e. The first-order valence-electron chi connectivity index (χ1n) is 5.58. The van der Waals surface area contributed by atoms with Crippen LogP contribution in [0.1, 0.15) is 23.7 Å². The Morgan fingerprint density at radius 2 is 2.24 bits per heavy atom. The van der Waals surface area contributed by atoms with E-state index in [4.69, 9.17) is 17.3 Å². The van der Waals surface area contributed by atoms with Gasteiger partial charge in [-0.1, -0.05) is 23.3 Å². The van der Waals surface area contributed by atoms with Crippen molar-refractivity contribution in [3.63, 3.8) is 0 Å². The van der Waals surface area contributed by atoms with Crippen molar-refractivity contribution in [1.29, 1.82) is 0 Å². The molecule has 90 valence electrons. The lowest BCUT2D eigenvalue weighted by molar-refractivity contribution is 0.0766. The molecule has 0 spiro atoms. The summed E-state index contributed by atoms with van der Waals surface area (Å²) in [5, 5.41) is 0.419. The SMILES string of the molecule is CC1=CCCN(C(=O)c2ccc(N)cc2Cl)C1. The summed E-state index contributed by atoms with van der Waals surface area (Å²) < 4.78 is 0. The van der Waals surface area contributed by atoms with Crippen molar-refractivity contribution in [3.8, 4) is 0 Å². The fourth-order valence-electron chi connectivity index (χ4n) is 1.96. The monoisotopic (exact) mass is 250 g/mol. The molecule has 1 aliphatic rings. The number of hydrogen-bond acceptors (Lipinski definition) is 2. The zero-order chi connectivity index (χ0) is 12.4. The lowest BCUT2D eigenvalue weighted by Gasteiger charge is -2.26. The average Bonchev–Trinajstić information content (AvgIpc) is 2.28. The van der Waals surface area contributed by atoms with Gasteiger partial charge in [0.25, 0.3) is 5.91 Å². The van der Waals surface area contributed by atoms with E-state index in [1.54, 1.807) is 18.2 Å². The van der Waals surface area contributed by atoms with Crippen molar-refractivity contribution in [3.05, 3.63) is 40.4 Å². The van der Waals surface area contributed by atoms with Crippen LogP contribution < -0.4 is 5.73 Å². The second kappa shape index (κ2) is 4.80. The van der Waals surface area contributed by atoms with Gasteiger partial charge in [-0.05, 0) is 31.5 Å². The van der Waals surface area contributed by atoms with Gasteiger partial charge in [-0.25, -0.2) is 0 Å². The van der Waals surface area contributed by atoms with Gasteiger partial charge in [-0.15, -0.1) is 0 Å². The van der Waals surface area contributed by atoms with Gasteiger partial charge in [0.2, 0.25) is 0 Å². The summed E-state index contributed by atoms with van der Waals surface area (Å²) in [5.41, 5.74) is 7.92. The van der Waals surface area contributed by atoms with Crippen molar-refractivity contribution in [2.24, 2.45) is 0 Å². The maximum atomic E-state index is 12.3. The number of amides is 1. The Kier molecular flexibility index (Phi) is 3.38. The summed E-state index contributed by atoms with van der Waals surface area (Å²) >= 11 is 6.04. The molecule has 1 aliphatic heterocycles. The second-order valence-electron chi connectivity index (χ2n) is 4.31. The Balaban J connectivity index is 2.22. The van der Waals surface area contributed by atoms with E-state index in [9.17, 15) is 4.79 Å². The molecular formula is C13H15ClN2O. The van der Waals surface area contributed by atoms with Gasteiger partial charge < -0.3 is 10.6 Å². The summed E-state index contributed by atoms with van der Waals surface area (Å²) in [5.74, 6) is -0.0255. The molecule has 1 heterocycles. The fraction of sp³-hybridized carbons (Fsp3) is 0.308. The predicted molar refractivity (Wildman–Crippen MR) is 70.1 cm³/mol. The smallest absolute Gasteiger partial charge is 0.255 e. The molecular weight excluding hydrogens is 236 g/mol. The minimum atomic E-state index is -0.0255. The van der Waals surface area contributed by atoms with Gasteiger partial charge in [-0.2, -0.15) is 0 Å². The quantitative estimate of drug-likeness (QED) is 0.615. The molecule has 1 aromatic rings. The number of halogens is 1. The number of nitrogens with zero attached hydrogens (tertiary/aromatic N) is 1. The molecule has 1 amide bonds. The third-order valence-corrected chi connectivity index (χ3v) is 3.16. The first-order chi connectivity index (χ1) is 8.08. The Labute approximate surface area is 106 Å². The number of carbonyl (C=O) groups excluding carboxylic acids is 1. The van der Waals surface area contributed by atoms with Crippen molar-refractivity contribution < 1.29 is 4.79 Å². The third kappa shape index (κ3) is 2.61. The first kappa shape index (κ1) is 12.0. The largest absolute Gasteiger partial charge is 0.399 e. The number of nitrogens with two attached hydrogens (primary N) is 1. The van der Waals surface area contributed by atoms with Crippen LogP contribution in [0.4, 0.5) is 5.69 Å². The molecule has 0 aliphatic carbocycles. The van der Waals surface area contributed by atoms with Gasteiger partial charge in [-0.3, -0.25) is 4.79 Å². The molecule has 2 rings (SSSR count). The normalized spacial score (nSPS) is 15.6. The van der Waals surface area contributed by atoms with E-state index in [2.05, 4.69) is 6.08 Å². The Morgan fingerprint density at radius 3 is 2.88 bits per heavy atom. The lowest BCUT2D eigenvalue weighted by Crippen LogP contribution is -2.35. The van der Waals surface area contributed by atoms with Crippen LogP contribution in [-0.2, 0) is 0 Å². The maximum Gasteiger partial charge on any atom is 0.255 e. The molecule has 0 saturated carbocycles. The van der Waals surface area contributed by atoms with Gasteiger partial charge in [0, 0.05) is 18.8 Å². The summed E-state index contributed by atoms with van der Waals surface area (Å²) in [6.45, 7) is 3.46. The highest BCUT2D eigenvalue weighted by atomic mass is 35.5. The van der Waals surface area contributed by atoms with Crippen molar-refractivity contribution in [1.82, 2.24) is 4.90 Å². The topological polar surface area (TPSA) is 46.3 Å². The number of anilines is 1. The summed E-state index contributed by atoms with van der Waals surface area (Å²) in [4.78, 5) is 14.1. The first-order valence-corrected chi connectivity index (χ1v) is 5.95. The summed E-state index contributed by atoms with van der Waals surface area (Å²) in [6.07, 6.45) is 3.07. The molecule has 0 saturated heterocycles. The molecule has 0 unspecified atom stereocenters. The number of nitrogen functional groups attached to an aromatic ring is 1. The van der Waals surface area contributed by atoms with E-state index in [0.717, 1.165) is 13.0 Å². The maximum absolute atomic E-state index is 12.3. The Bertz CT molecular complexity index is 482. The standard InChI is InChI=1S/C13H15ClN2O/c1-9-3-2-6-16(8-9)13(17)11-5-4-10(15)7-12(11)14/h3-5,7H,2,6,8,15H2,1H3. The van der Waals surface area contributed by atoms with Crippen LogP contribution in [0.5, 0.6) is 0 Å². The highest BCUT2D eigenvalue weighted by Gasteiger charge is 2.20. The van der Waals surface area contributed by atoms with E-state index in [1.165, 1.54) is 5.57 Å². The van der Waals surface area contributed by atoms with Gasteiger partial charge >= 0.3 is 0 Å². The molecule has 0 atom stereocenters. The van der Waals surface area contributed by atoms with E-state index >= 15 is 0 Å². The number of hydrogen-bond donors (Lipinski definition) is 1. The molecule has 2 N–H and O–H groups in total. The predicted octanol–water partition coefficient (Wildman–Crippen LogP) is 2.71. The van der Waals surface area contributed by atoms with E-state index in [-0.39, 0.29) is 5.91 Å². The van der Waals surface area contributed by atoms with Gasteiger partial charge in [0.05, 0.1) is 10.6 Å². The molecule has 0 radical (unpaired) electrons. The second-order valence-corrected chi connectivity index (χ2v) is 4.71. The van der Waals surface area contributed by atoms with E-state index in [1.807, 2.05) is 11.8 Å². The van der Waals surface area contributed by atoms with Crippen LogP contribution in [0.3, 0.4) is 0 Å². The number of rotatable bonds is 1. The number of benzene rings is 1. The van der Waals surface area contributed by atoms with Crippen molar-refractivity contribution >= 4 is 23.2 Å². The summed E-state index contributed by atoms with van der Waals surface area (Å²) in [6, 6.07) is 5.00. The molecule has 0 bridgehead atoms. The van der Waals surface area contributed by atoms with Crippen LogP contribution in [0, 0.1) is 0 Å². The van der Waals surface area contributed by atoms with Crippen molar-refractivity contribution in [2.75, 3.05) is 18.8 Å². The van der Waals surface area contributed by atoms with Crippen LogP contribution in [-0.4, -0.2) is 23.9 Å². The van der Waals surface area contributed by atoms with E-state index in [0.29, 0.717) is 22.8 Å². The minimum absolute atomic E-state index is 0.0255. The molecule has 17 heavy (non-hydrogen) atoms. The fourth-order valence-corrected chi connectivity index (χ4v) is 2.23. The summed E-state index contributed by atoms with van der Waals surface area (Å²) in [7, 11) is 0. The van der Waals surface area contributed by atoms with Crippen LogP contribution in [0.25, 0.3) is 0 Å². The lowest BCUT2D eigenvalue weighted by atomic mass is 10.1. The van der Waals surface area contributed by atoms with Gasteiger partial charge in [0.1, 0.15) is 0 Å². The third-order valence-electron chi connectivity index (χ3n) is 2.84. The van der Waals surface area contributed by atoms with Crippen molar-refractivity contribution in [2.45, 2.75) is 13.3 Å². The zero-order valence-corrected chi connectivity index (χ0v) is 10.5. The molecule has 4 heteroatoms. The number of carbonyl (C=O) groups is 1. The molecule has 0 fully saturated rings. The van der Waals surface area contributed by atoms with Crippen LogP contribution in [0.15, 0.2) is 29.8 Å². The highest BCUT2D eigenvalue weighted by Crippen LogP contribution is 2.22. The Hall–Kier alpha value is -1.48. The zero-order valence-electron chi connectivity index (χ0n) is 9.74. The molecule has 3 nitrogen and oxygen atoms in total. The van der Waals surface area contributed by atoms with Gasteiger partial charge in [0.15, 0.2) is 0 Å². The highest BCUT2D eigenvalue weighted by molar-refractivity contribution is 6.34. The Morgan fingerprint density at radius 1 is 1.47 bits per heavy atom. The average molecular weight is 251 g/mol. The van der Waals surface area contributed by atoms with Crippen LogP contribution in [0.2, 0.25) is 5.02 Å². The molecule has 1 aromatic carbocycles. The van der Waals surface area contributed by atoms with E-state index < -0.39 is 0 Å². The molecule has 0 aromatic heterocycles. The van der Waals surface area contributed by atoms with Crippen LogP contribution >= 0.6 is 11.6 Å².